The molecular weight excluding hydrogens is 288 g/mol. The zero-order valence-corrected chi connectivity index (χ0v) is 6.16. The molecular formula is C6H4AuF. The van der Waals surface area contributed by atoms with Crippen molar-refractivity contribution in [3.05, 3.63) is 36.1 Å². The van der Waals surface area contributed by atoms with Crippen molar-refractivity contribution in [1.82, 2.24) is 0 Å². The second-order valence-corrected chi connectivity index (χ2v) is 1.21. The monoisotopic (exact) mass is 292 g/mol. The summed E-state index contributed by atoms with van der Waals surface area (Å²) in [6.07, 6.45) is 0. The van der Waals surface area contributed by atoms with Gasteiger partial charge in [0.25, 0.3) is 0 Å². The summed E-state index contributed by atoms with van der Waals surface area (Å²) in [5.41, 5.74) is 0. The molecule has 0 atom stereocenters. The van der Waals surface area contributed by atoms with Gasteiger partial charge in [-0.1, -0.05) is 0 Å². The minimum Gasteiger partial charge on any atom is -0.236 e. The summed E-state index contributed by atoms with van der Waals surface area (Å²) in [5.74, 6) is -0.303. The molecule has 0 fully saturated rings. The molecule has 8 heavy (non-hydrogen) atoms. The third-order valence-electron chi connectivity index (χ3n) is 0.671. The topological polar surface area (TPSA) is 0 Å². The maximum Gasteiger partial charge on any atom is 1.00 e. The molecule has 1 aromatic carbocycles. The van der Waals surface area contributed by atoms with Crippen LogP contribution in [-0.2, 0) is 22.4 Å². The van der Waals surface area contributed by atoms with Gasteiger partial charge in [-0.2, -0.15) is 18.2 Å². The average molecular weight is 292 g/mol. The van der Waals surface area contributed by atoms with Crippen LogP contribution in [0, 0.1) is 11.9 Å². The molecule has 0 N–H and O–H groups in total. The number of hydrogen-bond donors (Lipinski definition) is 0. The summed E-state index contributed by atoms with van der Waals surface area (Å²) >= 11 is 0. The second-order valence-electron chi connectivity index (χ2n) is 1.21. The van der Waals surface area contributed by atoms with Gasteiger partial charge < -0.3 is 0 Å². The Hall–Kier alpha value is -0.110. The zero-order valence-electron chi connectivity index (χ0n) is 3.99. The van der Waals surface area contributed by atoms with E-state index < -0.39 is 0 Å². The van der Waals surface area contributed by atoms with E-state index in [1.165, 1.54) is 12.1 Å². The number of benzene rings is 1. The summed E-state index contributed by atoms with van der Waals surface area (Å²) in [6.45, 7) is 0. The first-order valence-electron chi connectivity index (χ1n) is 2.02. The normalized spacial score (nSPS) is 7.62. The number of halogens is 1. The van der Waals surface area contributed by atoms with Crippen molar-refractivity contribution in [2.24, 2.45) is 0 Å². The molecule has 0 nitrogen and oxygen atoms in total. The van der Waals surface area contributed by atoms with Crippen molar-refractivity contribution >= 4 is 0 Å². The Kier molecular flexibility index (Phi) is 3.79. The molecule has 0 aliphatic heterocycles. The van der Waals surface area contributed by atoms with Crippen LogP contribution in [0.25, 0.3) is 0 Å². The Morgan fingerprint density at radius 3 is 2.38 bits per heavy atom. The molecule has 0 radical (unpaired) electrons. The van der Waals surface area contributed by atoms with Crippen molar-refractivity contribution in [2.45, 2.75) is 0 Å². The van der Waals surface area contributed by atoms with Crippen LogP contribution in [0.15, 0.2) is 24.3 Å². The van der Waals surface area contributed by atoms with E-state index in [0.29, 0.717) is 0 Å². The van der Waals surface area contributed by atoms with Crippen LogP contribution in [0.4, 0.5) is 4.39 Å². The predicted molar refractivity (Wildman–Crippen MR) is 25.2 cm³/mol. The van der Waals surface area contributed by atoms with Gasteiger partial charge in [-0.25, -0.2) is 4.39 Å². The van der Waals surface area contributed by atoms with Crippen molar-refractivity contribution in [3.63, 3.8) is 0 Å². The molecule has 0 saturated carbocycles. The van der Waals surface area contributed by atoms with E-state index in [9.17, 15) is 4.39 Å². The molecule has 2 heteroatoms. The van der Waals surface area contributed by atoms with Gasteiger partial charge in [0.05, 0.1) is 0 Å². The third-order valence-corrected chi connectivity index (χ3v) is 0.671. The van der Waals surface area contributed by atoms with Crippen molar-refractivity contribution < 1.29 is 26.8 Å². The summed E-state index contributed by atoms with van der Waals surface area (Å²) in [4.78, 5) is 0. The molecule has 0 heterocycles. The van der Waals surface area contributed by atoms with Gasteiger partial charge in [0.1, 0.15) is 0 Å². The van der Waals surface area contributed by atoms with Crippen molar-refractivity contribution in [3.8, 4) is 0 Å². The van der Waals surface area contributed by atoms with Gasteiger partial charge >= 0.3 is 22.4 Å². The Balaban J connectivity index is 0.000000490. The van der Waals surface area contributed by atoms with Gasteiger partial charge in [-0.15, -0.1) is 12.1 Å². The minimum atomic E-state index is -0.303. The van der Waals surface area contributed by atoms with Gasteiger partial charge in [0.2, 0.25) is 0 Å². The Morgan fingerprint density at radius 2 is 2.12 bits per heavy atom. The third kappa shape index (κ3) is 2.26. The summed E-state index contributed by atoms with van der Waals surface area (Å²) in [5, 5.41) is 0. The smallest absolute Gasteiger partial charge is 0.236 e. The van der Waals surface area contributed by atoms with E-state index >= 15 is 0 Å². The number of rotatable bonds is 0. The quantitative estimate of drug-likeness (QED) is 0.503. The molecule has 46 valence electrons. The zero-order chi connectivity index (χ0) is 5.11. The summed E-state index contributed by atoms with van der Waals surface area (Å²) in [7, 11) is 0. The molecule has 0 spiro atoms. The Labute approximate surface area is 63.2 Å². The molecule has 0 bridgehead atoms. The fraction of sp³-hybridized carbons (Fsp3) is 0. The van der Waals surface area contributed by atoms with E-state index in [1.807, 2.05) is 0 Å². The second kappa shape index (κ2) is 3.84. The van der Waals surface area contributed by atoms with Gasteiger partial charge in [-0.05, 0) is 0 Å². The molecule has 1 aromatic rings. The van der Waals surface area contributed by atoms with Crippen LogP contribution in [-0.4, -0.2) is 0 Å². The van der Waals surface area contributed by atoms with Crippen LogP contribution in [0.5, 0.6) is 0 Å². The van der Waals surface area contributed by atoms with E-state index in [4.69, 9.17) is 0 Å². The summed E-state index contributed by atoms with van der Waals surface area (Å²) in [6, 6.07) is 8.62. The molecule has 0 amide bonds. The minimum absolute atomic E-state index is 0. The maximum absolute atomic E-state index is 11.9. The molecule has 0 aliphatic rings. The first-order chi connectivity index (χ1) is 3.39. The average Bonchev–Trinajstić information content (AvgIpc) is 1.69. The standard InChI is InChI=1S/C6H4F.Au/c7-6-4-2-1-3-5-6;/h1-4H;/q-1;+1. The van der Waals surface area contributed by atoms with Crippen LogP contribution >= 0.6 is 0 Å². The van der Waals surface area contributed by atoms with E-state index in [2.05, 4.69) is 6.07 Å². The maximum atomic E-state index is 11.9. The molecule has 1 rings (SSSR count). The molecule has 0 aliphatic carbocycles. The van der Waals surface area contributed by atoms with Crippen LogP contribution in [0.2, 0.25) is 0 Å². The van der Waals surface area contributed by atoms with Gasteiger partial charge in [-0.3, -0.25) is 0 Å². The Morgan fingerprint density at radius 1 is 1.38 bits per heavy atom. The number of hydrogen-bond acceptors (Lipinski definition) is 0. The predicted octanol–water partition coefficient (Wildman–Crippen LogP) is 1.62. The molecule has 0 unspecified atom stereocenters. The largest absolute Gasteiger partial charge is 1.00 e. The first-order valence-corrected chi connectivity index (χ1v) is 2.02. The van der Waals surface area contributed by atoms with Crippen LogP contribution < -0.4 is 0 Å². The van der Waals surface area contributed by atoms with E-state index in [-0.39, 0.29) is 28.2 Å². The molecule has 0 aromatic heterocycles. The van der Waals surface area contributed by atoms with Gasteiger partial charge in [0.15, 0.2) is 0 Å². The van der Waals surface area contributed by atoms with Crippen LogP contribution in [0.3, 0.4) is 0 Å². The fourth-order valence-corrected chi connectivity index (χ4v) is 0.371. The summed E-state index contributed by atoms with van der Waals surface area (Å²) < 4.78 is 11.9. The van der Waals surface area contributed by atoms with Crippen LogP contribution in [0.1, 0.15) is 0 Å². The van der Waals surface area contributed by atoms with Crippen molar-refractivity contribution in [1.29, 1.82) is 0 Å². The van der Waals surface area contributed by atoms with E-state index in [0.717, 1.165) is 0 Å². The Bertz CT molecular complexity index is 138. The fourth-order valence-electron chi connectivity index (χ4n) is 0.371. The van der Waals surface area contributed by atoms with Crippen molar-refractivity contribution in [2.75, 3.05) is 0 Å². The van der Waals surface area contributed by atoms with E-state index in [1.54, 1.807) is 12.1 Å². The first kappa shape index (κ1) is 7.89. The molecule has 0 saturated heterocycles. The SMILES string of the molecule is Fc1[c-]cccc1.[Au+]. The van der Waals surface area contributed by atoms with Gasteiger partial charge in [0, 0.05) is 5.82 Å².